The van der Waals surface area contributed by atoms with Gasteiger partial charge in [-0.2, -0.15) is 0 Å². The van der Waals surface area contributed by atoms with E-state index in [4.69, 9.17) is 42.1 Å². The monoisotopic (exact) mass is 728 g/mol. The lowest BCUT2D eigenvalue weighted by molar-refractivity contribution is -0.0177. The number of anilines is 2. The number of aliphatic hydroxyl groups is 1. The van der Waals surface area contributed by atoms with Crippen LogP contribution in [0.1, 0.15) is 56.0 Å². The lowest BCUT2D eigenvalue weighted by Gasteiger charge is -2.36. The van der Waals surface area contributed by atoms with E-state index in [1.54, 1.807) is 47.4 Å². The van der Waals surface area contributed by atoms with Gasteiger partial charge < -0.3 is 39.6 Å². The minimum Gasteiger partial charge on any atom is -0.490 e. The van der Waals surface area contributed by atoms with Crippen LogP contribution in [-0.4, -0.2) is 85.2 Å². The number of hydrogen-bond donors (Lipinski definition) is 3. The van der Waals surface area contributed by atoms with Crippen LogP contribution < -0.4 is 24.8 Å². The van der Waals surface area contributed by atoms with Crippen LogP contribution in [0, 0.1) is 5.92 Å². The number of amides is 3. The molecule has 3 amide bonds. The van der Waals surface area contributed by atoms with Crippen molar-refractivity contribution in [1.29, 1.82) is 0 Å². The highest BCUT2D eigenvalue weighted by molar-refractivity contribution is 6.42. The molecule has 0 spiro atoms. The fraction of sp³-hybridized carbons (Fsp3) is 0.459. The minimum absolute atomic E-state index is 0.0933. The van der Waals surface area contributed by atoms with E-state index in [1.807, 2.05) is 33.0 Å². The smallest absolute Gasteiger partial charge is 0.323 e. The molecule has 2 aliphatic heterocycles. The van der Waals surface area contributed by atoms with Gasteiger partial charge in [0.15, 0.2) is 11.5 Å². The van der Waals surface area contributed by atoms with Gasteiger partial charge in [-0.15, -0.1) is 0 Å². The average molecular weight is 730 g/mol. The largest absolute Gasteiger partial charge is 0.490 e. The number of rotatable bonds is 8. The molecular weight excluding hydrogens is 683 g/mol. The molecule has 0 saturated carbocycles. The van der Waals surface area contributed by atoms with E-state index in [0.29, 0.717) is 64.9 Å². The van der Waals surface area contributed by atoms with Gasteiger partial charge in [0.2, 0.25) is 6.79 Å². The number of aliphatic hydroxyl groups excluding tert-OH is 1. The number of carbonyl (C=O) groups is 2. The second kappa shape index (κ2) is 17.5. The van der Waals surface area contributed by atoms with Gasteiger partial charge in [-0.1, -0.05) is 36.2 Å². The SMILES string of the molecule is C[C@@H]1CN([C@H](C)CO)C(=O)c2cc(NC(=O)Nc3ccc4c(c3)OCO4)ccc2O[C@@H](C)CCCCO[C@@H]1CN(C)Cc1ccc(Cl)c(Cl)c1. The van der Waals surface area contributed by atoms with Crippen LogP contribution in [0.5, 0.6) is 17.2 Å². The molecule has 0 unspecified atom stereocenters. The molecule has 2 heterocycles. The van der Waals surface area contributed by atoms with Gasteiger partial charge in [-0.05, 0) is 88.2 Å². The fourth-order valence-corrected chi connectivity index (χ4v) is 6.37. The van der Waals surface area contributed by atoms with Crippen molar-refractivity contribution in [3.8, 4) is 17.2 Å². The summed E-state index contributed by atoms with van der Waals surface area (Å²) in [7, 11) is 2.02. The molecule has 0 aromatic heterocycles. The van der Waals surface area contributed by atoms with E-state index in [9.17, 15) is 14.7 Å². The molecule has 11 nitrogen and oxygen atoms in total. The molecule has 0 radical (unpaired) electrons. The minimum atomic E-state index is -0.497. The lowest BCUT2D eigenvalue weighted by atomic mass is 10.0. The molecule has 3 aromatic carbocycles. The summed E-state index contributed by atoms with van der Waals surface area (Å²) in [4.78, 5) is 31.3. The summed E-state index contributed by atoms with van der Waals surface area (Å²) in [6.07, 6.45) is 2.14. The molecular formula is C37H46Cl2N4O7. The Kier molecular flexibility index (Phi) is 13.1. The van der Waals surface area contributed by atoms with Crippen LogP contribution in [0.2, 0.25) is 10.0 Å². The van der Waals surface area contributed by atoms with E-state index in [0.717, 1.165) is 24.8 Å². The van der Waals surface area contributed by atoms with Crippen molar-refractivity contribution in [2.24, 2.45) is 5.92 Å². The molecule has 2 aliphatic rings. The standard InChI is InChI=1S/C37H46Cl2N4O7/c1-23-18-43(24(2)21-44)36(45)29-16-27(40-37(46)41-28-10-13-33-34(17-28)49-22-48-33)9-12-32(29)50-25(3)7-5-6-14-47-35(23)20-42(4)19-26-8-11-30(38)31(39)15-26/h8-13,15-17,23-25,35,44H,5-7,14,18-22H2,1-4H3,(H2,40,41,46)/t23-,24-,25+,35-/m1/s1. The highest BCUT2D eigenvalue weighted by atomic mass is 35.5. The Bertz CT molecular complexity index is 1640. The van der Waals surface area contributed by atoms with E-state index in [2.05, 4.69) is 22.5 Å². The lowest BCUT2D eigenvalue weighted by Crippen LogP contribution is -2.47. The number of carbonyl (C=O) groups excluding carboxylic acids is 2. The molecule has 4 atom stereocenters. The number of fused-ring (bicyclic) bond motifs is 2. The van der Waals surface area contributed by atoms with Crippen LogP contribution in [-0.2, 0) is 11.3 Å². The zero-order valence-corrected chi connectivity index (χ0v) is 30.4. The summed E-state index contributed by atoms with van der Waals surface area (Å²) in [5, 5.41) is 16.9. The molecule has 0 bridgehead atoms. The second-order valence-corrected chi connectivity index (χ2v) is 13.9. The Labute approximate surface area is 303 Å². The Hall–Kier alpha value is -3.74. The first kappa shape index (κ1) is 37.5. The molecule has 0 aliphatic carbocycles. The first-order valence-corrected chi connectivity index (χ1v) is 17.7. The quantitative estimate of drug-likeness (QED) is 0.221. The molecule has 50 heavy (non-hydrogen) atoms. The number of urea groups is 1. The Morgan fingerprint density at radius 2 is 1.70 bits per heavy atom. The van der Waals surface area contributed by atoms with E-state index in [-0.39, 0.29) is 43.0 Å². The van der Waals surface area contributed by atoms with Crippen LogP contribution in [0.25, 0.3) is 0 Å². The Morgan fingerprint density at radius 3 is 2.44 bits per heavy atom. The molecule has 0 saturated heterocycles. The fourth-order valence-electron chi connectivity index (χ4n) is 6.05. The van der Waals surface area contributed by atoms with Gasteiger partial charge in [0.1, 0.15) is 5.75 Å². The van der Waals surface area contributed by atoms with Crippen molar-refractivity contribution in [3.05, 3.63) is 75.8 Å². The summed E-state index contributed by atoms with van der Waals surface area (Å²) in [6.45, 7) is 7.89. The summed E-state index contributed by atoms with van der Waals surface area (Å²) in [6, 6.07) is 14.8. The van der Waals surface area contributed by atoms with Gasteiger partial charge in [0.05, 0.1) is 40.5 Å². The average Bonchev–Trinajstić information content (AvgIpc) is 3.55. The summed E-state index contributed by atoms with van der Waals surface area (Å²) in [5.41, 5.74) is 2.24. The van der Waals surface area contributed by atoms with Gasteiger partial charge in [0, 0.05) is 49.6 Å². The van der Waals surface area contributed by atoms with Crippen molar-refractivity contribution in [1.82, 2.24) is 9.80 Å². The summed E-state index contributed by atoms with van der Waals surface area (Å²) in [5.74, 6) is 1.16. The Morgan fingerprint density at radius 1 is 0.980 bits per heavy atom. The normalized spacial score (nSPS) is 20.4. The molecule has 3 aromatic rings. The van der Waals surface area contributed by atoms with Gasteiger partial charge in [-0.25, -0.2) is 4.79 Å². The van der Waals surface area contributed by atoms with Crippen LogP contribution >= 0.6 is 23.2 Å². The first-order chi connectivity index (χ1) is 24.0. The first-order valence-electron chi connectivity index (χ1n) is 16.9. The topological polar surface area (TPSA) is 122 Å². The number of ether oxygens (including phenoxy) is 4. The van der Waals surface area contributed by atoms with Crippen molar-refractivity contribution in [2.45, 2.75) is 64.8 Å². The van der Waals surface area contributed by atoms with Gasteiger partial charge in [-0.3, -0.25) is 9.69 Å². The van der Waals surface area contributed by atoms with E-state index < -0.39 is 12.1 Å². The zero-order chi connectivity index (χ0) is 35.8. The predicted octanol–water partition coefficient (Wildman–Crippen LogP) is 7.29. The third-order valence-electron chi connectivity index (χ3n) is 8.87. The zero-order valence-electron chi connectivity index (χ0n) is 28.9. The van der Waals surface area contributed by atoms with E-state index in [1.165, 1.54) is 0 Å². The number of nitrogens with one attached hydrogen (secondary N) is 2. The predicted molar refractivity (Wildman–Crippen MR) is 195 cm³/mol. The Balaban J connectivity index is 1.36. The third-order valence-corrected chi connectivity index (χ3v) is 9.61. The maximum absolute atomic E-state index is 14.4. The van der Waals surface area contributed by atoms with E-state index >= 15 is 0 Å². The number of likely N-dealkylation sites (N-methyl/N-ethyl adjacent to an activating group) is 1. The van der Waals surface area contributed by atoms with Crippen molar-refractivity contribution in [3.63, 3.8) is 0 Å². The van der Waals surface area contributed by atoms with Gasteiger partial charge in [0.25, 0.3) is 5.91 Å². The maximum Gasteiger partial charge on any atom is 0.323 e. The molecule has 5 rings (SSSR count). The second-order valence-electron chi connectivity index (χ2n) is 13.1. The number of hydrogen-bond acceptors (Lipinski definition) is 8. The molecule has 0 fully saturated rings. The molecule has 13 heteroatoms. The van der Waals surface area contributed by atoms with Crippen LogP contribution in [0.3, 0.4) is 0 Å². The molecule has 270 valence electrons. The van der Waals surface area contributed by atoms with Crippen molar-refractivity contribution < 1.29 is 33.6 Å². The maximum atomic E-state index is 14.4. The number of benzene rings is 3. The number of nitrogens with zero attached hydrogens (tertiary/aromatic N) is 2. The van der Waals surface area contributed by atoms with Crippen LogP contribution in [0.15, 0.2) is 54.6 Å². The van der Waals surface area contributed by atoms with Gasteiger partial charge >= 0.3 is 6.03 Å². The number of halogens is 2. The highest BCUT2D eigenvalue weighted by Gasteiger charge is 2.30. The summed E-state index contributed by atoms with van der Waals surface area (Å²) >= 11 is 12.4. The molecule has 3 N–H and O–H groups in total. The summed E-state index contributed by atoms with van der Waals surface area (Å²) < 4.78 is 23.6. The van der Waals surface area contributed by atoms with Crippen molar-refractivity contribution >= 4 is 46.5 Å². The van der Waals surface area contributed by atoms with Crippen molar-refractivity contribution in [2.75, 3.05) is 50.8 Å². The third kappa shape index (κ3) is 9.95. The van der Waals surface area contributed by atoms with Crippen LogP contribution in [0.4, 0.5) is 16.2 Å². The highest BCUT2D eigenvalue weighted by Crippen LogP contribution is 2.34.